The topological polar surface area (TPSA) is 57.5 Å². The molecule has 0 aromatic heterocycles. The molecule has 0 radical (unpaired) electrons. The third-order valence-corrected chi connectivity index (χ3v) is 5.64. The van der Waals surface area contributed by atoms with Crippen LogP contribution in [0.5, 0.6) is 11.5 Å². The number of phenolic OH excluding ortho intramolecular Hbond substituents is 2. The second kappa shape index (κ2) is 16.5. The number of benzene rings is 2. The van der Waals surface area contributed by atoms with Gasteiger partial charge in [-0.05, 0) is 24.3 Å². The highest BCUT2D eigenvalue weighted by Gasteiger charge is 2.26. The van der Waals surface area contributed by atoms with Gasteiger partial charge in [0, 0.05) is 33.4 Å². The lowest BCUT2D eigenvalue weighted by atomic mass is 9.93. The summed E-state index contributed by atoms with van der Waals surface area (Å²) < 4.78 is 2.54. The summed E-state index contributed by atoms with van der Waals surface area (Å²) >= 11 is 0. The van der Waals surface area contributed by atoms with Gasteiger partial charge < -0.3 is 124 Å². The number of carbonyl (C=O) groups excluding carboxylic acids is 1. The maximum atomic E-state index is 14.0. The second-order valence-corrected chi connectivity index (χ2v) is 14.4. The molecule has 2 rings (SSSR count). The molecule has 0 atom stereocenters. The van der Waals surface area contributed by atoms with Crippen LogP contribution in [0.2, 0.25) is 0 Å². The van der Waals surface area contributed by atoms with Crippen molar-refractivity contribution >= 4 is 5.78 Å². The van der Waals surface area contributed by atoms with Crippen LogP contribution < -0.4 is 95.9 Å². The lowest BCUT2D eigenvalue weighted by molar-refractivity contribution is -0.884. The van der Waals surface area contributed by atoms with E-state index in [4.69, 9.17) is 0 Å². The molecular formula is C29H50I4N4O3. The number of rotatable bonds is 10. The van der Waals surface area contributed by atoms with Crippen LogP contribution in [0.15, 0.2) is 24.3 Å². The first-order chi connectivity index (χ1) is 16.0. The summed E-state index contributed by atoms with van der Waals surface area (Å²) in [5, 5.41) is 22.2. The molecule has 40 heavy (non-hydrogen) atoms. The van der Waals surface area contributed by atoms with Gasteiger partial charge in [-0.3, -0.25) is 4.79 Å². The molecule has 11 heteroatoms. The number of halogens is 4. The van der Waals surface area contributed by atoms with Crippen LogP contribution in [0.1, 0.15) is 38.2 Å². The molecule has 0 aliphatic heterocycles. The Labute approximate surface area is 311 Å². The number of ketones is 1. The Bertz CT molecular complexity index is 969. The van der Waals surface area contributed by atoms with E-state index in [2.05, 4.69) is 84.6 Å². The Morgan fingerprint density at radius 2 is 0.650 bits per heavy atom. The quantitative estimate of drug-likeness (QED) is 0.142. The highest BCUT2D eigenvalue weighted by molar-refractivity contribution is 6.09. The molecule has 0 saturated heterocycles. The summed E-state index contributed by atoms with van der Waals surface area (Å²) in [7, 11) is 24.9. The molecule has 0 saturated carbocycles. The van der Waals surface area contributed by atoms with E-state index in [0.29, 0.717) is 55.2 Å². The van der Waals surface area contributed by atoms with E-state index in [0.717, 1.165) is 22.3 Å². The Kier molecular flexibility index (Phi) is 18.5. The van der Waals surface area contributed by atoms with Crippen molar-refractivity contribution in [2.24, 2.45) is 0 Å². The predicted molar refractivity (Wildman–Crippen MR) is 147 cm³/mol. The molecular weight excluding hydrogens is 960 g/mol. The van der Waals surface area contributed by atoms with Crippen molar-refractivity contribution in [3.05, 3.63) is 57.6 Å². The van der Waals surface area contributed by atoms with Gasteiger partial charge in [0.15, 0.2) is 5.78 Å². The average Bonchev–Trinajstić information content (AvgIpc) is 2.63. The van der Waals surface area contributed by atoms with Gasteiger partial charge in [-0.2, -0.15) is 0 Å². The van der Waals surface area contributed by atoms with Crippen LogP contribution in [-0.2, 0) is 26.2 Å². The smallest absolute Gasteiger partial charge is 0.193 e. The lowest BCUT2D eigenvalue weighted by Gasteiger charge is -2.28. The summed E-state index contributed by atoms with van der Waals surface area (Å²) in [6.07, 6.45) is 0. The Morgan fingerprint density at radius 3 is 0.800 bits per heavy atom. The highest BCUT2D eigenvalue weighted by Crippen LogP contribution is 2.32. The Morgan fingerprint density at radius 1 is 0.475 bits per heavy atom. The number of quaternary nitrogens is 4. The molecule has 0 fully saturated rings. The van der Waals surface area contributed by atoms with Gasteiger partial charge in [0.1, 0.15) is 37.7 Å². The number of aromatic hydroxyl groups is 2. The average molecular weight is 1010 g/mol. The molecule has 7 nitrogen and oxygen atoms in total. The Hall–Kier alpha value is 0.470. The number of phenols is 2. The summed E-state index contributed by atoms with van der Waals surface area (Å²) in [6, 6.07) is 7.36. The third kappa shape index (κ3) is 14.8. The van der Waals surface area contributed by atoms with Crippen molar-refractivity contribution in [1.82, 2.24) is 0 Å². The molecule has 0 spiro atoms. The first-order valence-electron chi connectivity index (χ1n) is 12.5. The van der Waals surface area contributed by atoms with E-state index in [9.17, 15) is 15.0 Å². The largest absolute Gasteiger partial charge is 1.00 e. The van der Waals surface area contributed by atoms with E-state index in [1.165, 1.54) is 0 Å². The number of carbonyl (C=O) groups is 1. The van der Waals surface area contributed by atoms with Crippen molar-refractivity contribution in [3.8, 4) is 11.5 Å². The zero-order valence-corrected chi connectivity index (χ0v) is 34.9. The van der Waals surface area contributed by atoms with Crippen molar-refractivity contribution in [2.45, 2.75) is 26.2 Å². The molecule has 0 unspecified atom stereocenters. The van der Waals surface area contributed by atoms with Crippen molar-refractivity contribution in [1.29, 1.82) is 0 Å². The minimum atomic E-state index is -0.0920. The highest BCUT2D eigenvalue weighted by atomic mass is 127. The van der Waals surface area contributed by atoms with Crippen LogP contribution in [0, 0.1) is 0 Å². The van der Waals surface area contributed by atoms with Crippen molar-refractivity contribution < 1.29 is 129 Å². The molecule has 2 N–H and O–H groups in total. The monoisotopic (exact) mass is 1010 g/mol. The maximum absolute atomic E-state index is 14.0. The summed E-state index contributed by atoms with van der Waals surface area (Å²) in [4.78, 5) is 14.0. The molecule has 0 aliphatic carbocycles. The van der Waals surface area contributed by atoms with Crippen LogP contribution in [0.4, 0.5) is 0 Å². The second-order valence-electron chi connectivity index (χ2n) is 14.4. The van der Waals surface area contributed by atoms with Gasteiger partial charge in [-0.25, -0.2) is 0 Å². The zero-order valence-electron chi connectivity index (χ0n) is 26.2. The van der Waals surface area contributed by atoms with Crippen LogP contribution in [0.3, 0.4) is 0 Å². The maximum Gasteiger partial charge on any atom is 0.193 e. The van der Waals surface area contributed by atoms with E-state index < -0.39 is 0 Å². The van der Waals surface area contributed by atoms with Crippen molar-refractivity contribution in [2.75, 3.05) is 84.6 Å². The molecule has 0 aliphatic rings. The van der Waals surface area contributed by atoms with Crippen LogP contribution in [0.25, 0.3) is 0 Å². The molecule has 232 valence electrons. The summed E-state index contributed by atoms with van der Waals surface area (Å²) in [5.41, 5.74) is 4.22. The van der Waals surface area contributed by atoms with Gasteiger partial charge in [-0.1, -0.05) is 0 Å². The van der Waals surface area contributed by atoms with Crippen LogP contribution >= 0.6 is 0 Å². The van der Waals surface area contributed by atoms with Gasteiger partial charge >= 0.3 is 0 Å². The van der Waals surface area contributed by atoms with Gasteiger partial charge in [0.05, 0.1) is 84.6 Å². The Balaban J connectivity index is -0.00000342. The third-order valence-electron chi connectivity index (χ3n) is 5.64. The van der Waals surface area contributed by atoms with Gasteiger partial charge in [-0.15, -0.1) is 0 Å². The fraction of sp³-hybridized carbons (Fsp3) is 0.552. The molecule has 2 aromatic carbocycles. The van der Waals surface area contributed by atoms with Crippen molar-refractivity contribution in [3.63, 3.8) is 0 Å². The fourth-order valence-corrected chi connectivity index (χ4v) is 4.48. The SMILES string of the molecule is C[N+](C)(C)Cc1cc(C(=O)c2cc(C[N+](C)(C)C)c(O)c(C[N+](C)(C)C)c2)cc(C[N+](C)(C)C)c1O.[I-].[I-].[I-].[I-]. The standard InChI is InChI=1S/C29H48N4O3.4HI/c1-30(2,3)17-23-13-21(14-24(28(23)35)18-31(4,5)6)27(34)22-15-25(19-32(7,8)9)29(36)26(16-22)20-33(10,11)12;;;;/h13-16H,17-20H2,1-12H3;4*1H/q+2;;;;/p-2. The molecule has 2 aromatic rings. The first kappa shape index (κ1) is 44.9. The fourth-order valence-electron chi connectivity index (χ4n) is 4.48. The number of hydrogen-bond acceptors (Lipinski definition) is 3. The molecule has 0 bridgehead atoms. The van der Waals surface area contributed by atoms with E-state index in [-0.39, 0.29) is 113 Å². The molecule has 0 amide bonds. The minimum Gasteiger partial charge on any atom is -1.00 e. The predicted octanol–water partition coefficient (Wildman–Crippen LogP) is -8.83. The first-order valence-corrected chi connectivity index (χ1v) is 12.5. The zero-order chi connectivity index (χ0) is 27.9. The van der Waals surface area contributed by atoms with E-state index in [1.54, 1.807) is 0 Å². The molecule has 0 heterocycles. The van der Waals surface area contributed by atoms with Crippen LogP contribution in [-0.4, -0.2) is 119 Å². The van der Waals surface area contributed by atoms with E-state index >= 15 is 0 Å². The van der Waals surface area contributed by atoms with E-state index in [1.807, 2.05) is 24.3 Å². The summed E-state index contributed by atoms with van der Waals surface area (Å²) in [5.74, 6) is 0.454. The number of hydrogen-bond donors (Lipinski definition) is 2. The number of nitrogens with zero attached hydrogens (tertiary/aromatic N) is 4. The van der Waals surface area contributed by atoms with Gasteiger partial charge in [0.25, 0.3) is 0 Å². The van der Waals surface area contributed by atoms with Gasteiger partial charge in [0.2, 0.25) is 0 Å². The lowest BCUT2D eigenvalue weighted by Crippen LogP contribution is -3.00. The minimum absolute atomic E-state index is 0. The summed E-state index contributed by atoms with van der Waals surface area (Å²) in [6.45, 7) is 2.41. The normalized spacial score (nSPS) is 11.9.